The van der Waals surface area contributed by atoms with Gasteiger partial charge in [0.1, 0.15) is 0 Å². The van der Waals surface area contributed by atoms with Gasteiger partial charge in [-0.1, -0.05) is 12.8 Å². The van der Waals surface area contributed by atoms with Gasteiger partial charge in [-0.15, -0.1) is 0 Å². The predicted octanol–water partition coefficient (Wildman–Crippen LogP) is 2.28. The number of piperazine rings is 1. The summed E-state index contributed by atoms with van der Waals surface area (Å²) in [6.45, 7) is 3.83. The van der Waals surface area contributed by atoms with E-state index in [0.29, 0.717) is 44.0 Å². The van der Waals surface area contributed by atoms with Gasteiger partial charge >= 0.3 is 6.09 Å². The standard InChI is InChI=1S/C22H27N3O5/c1-2-30-22(29)24-13-11-23(12-14-24)19(26)15-7-9-16(10-8-15)25-20(27)17-5-3-4-6-18(17)21(25)28/h7-10,17-18H,2-6,11-14H2,1H3/t17-,18+. The summed E-state index contributed by atoms with van der Waals surface area (Å²) in [4.78, 5) is 54.7. The first-order chi connectivity index (χ1) is 14.5. The fourth-order valence-corrected chi connectivity index (χ4v) is 4.66. The third-order valence-corrected chi connectivity index (χ3v) is 6.31. The van der Waals surface area contributed by atoms with Crippen molar-refractivity contribution in [2.45, 2.75) is 32.6 Å². The number of rotatable bonds is 3. The largest absolute Gasteiger partial charge is 0.450 e. The fourth-order valence-electron chi connectivity index (χ4n) is 4.66. The zero-order valence-electron chi connectivity index (χ0n) is 17.2. The number of carbonyl (C=O) groups is 4. The van der Waals surface area contributed by atoms with Crippen molar-refractivity contribution in [3.8, 4) is 0 Å². The molecule has 4 amide bonds. The van der Waals surface area contributed by atoms with E-state index in [1.165, 1.54) is 4.90 Å². The molecule has 2 heterocycles. The Morgan fingerprint density at radius 2 is 1.43 bits per heavy atom. The average Bonchev–Trinajstić information content (AvgIpc) is 3.04. The second-order valence-corrected chi connectivity index (χ2v) is 8.03. The summed E-state index contributed by atoms with van der Waals surface area (Å²) in [5.74, 6) is -0.734. The highest BCUT2D eigenvalue weighted by atomic mass is 16.6. The summed E-state index contributed by atoms with van der Waals surface area (Å²) in [6.07, 6.45) is 3.19. The van der Waals surface area contributed by atoms with E-state index >= 15 is 0 Å². The molecule has 0 radical (unpaired) electrons. The molecule has 4 rings (SSSR count). The van der Waals surface area contributed by atoms with E-state index < -0.39 is 0 Å². The Morgan fingerprint density at radius 3 is 1.97 bits per heavy atom. The van der Waals surface area contributed by atoms with Crippen molar-refractivity contribution in [1.82, 2.24) is 9.80 Å². The molecule has 8 heteroatoms. The maximum atomic E-state index is 12.8. The van der Waals surface area contributed by atoms with Crippen LogP contribution in [0.2, 0.25) is 0 Å². The molecule has 3 fully saturated rings. The molecule has 8 nitrogen and oxygen atoms in total. The highest BCUT2D eigenvalue weighted by Gasteiger charge is 2.48. The topological polar surface area (TPSA) is 87.2 Å². The van der Waals surface area contributed by atoms with Crippen LogP contribution in [0.3, 0.4) is 0 Å². The number of hydrogen-bond donors (Lipinski definition) is 0. The van der Waals surface area contributed by atoms with E-state index in [2.05, 4.69) is 0 Å². The molecule has 1 saturated carbocycles. The molecule has 160 valence electrons. The van der Waals surface area contributed by atoms with Crippen LogP contribution in [0.5, 0.6) is 0 Å². The summed E-state index contributed by atoms with van der Waals surface area (Å²) in [7, 11) is 0. The molecule has 0 spiro atoms. The molecule has 2 aliphatic heterocycles. The monoisotopic (exact) mass is 413 g/mol. The molecule has 2 atom stereocenters. The van der Waals surface area contributed by atoms with Gasteiger partial charge in [0.2, 0.25) is 11.8 Å². The Bertz CT molecular complexity index is 821. The van der Waals surface area contributed by atoms with Crippen LogP contribution in [-0.4, -0.2) is 66.4 Å². The first-order valence-corrected chi connectivity index (χ1v) is 10.7. The number of ether oxygens (including phenoxy) is 1. The van der Waals surface area contributed by atoms with Crippen LogP contribution >= 0.6 is 0 Å². The normalized spacial score (nSPS) is 24.1. The quantitative estimate of drug-likeness (QED) is 0.710. The van der Waals surface area contributed by atoms with Gasteiger partial charge in [-0.3, -0.25) is 19.3 Å². The first-order valence-electron chi connectivity index (χ1n) is 10.7. The van der Waals surface area contributed by atoms with Gasteiger partial charge in [-0.25, -0.2) is 4.79 Å². The molecule has 3 aliphatic rings. The number of imide groups is 1. The highest BCUT2D eigenvalue weighted by Crippen LogP contribution is 2.40. The lowest BCUT2D eigenvalue weighted by atomic mass is 9.81. The fraction of sp³-hybridized carbons (Fsp3) is 0.545. The van der Waals surface area contributed by atoms with E-state index in [1.807, 2.05) is 0 Å². The zero-order valence-corrected chi connectivity index (χ0v) is 17.2. The van der Waals surface area contributed by atoms with E-state index in [4.69, 9.17) is 4.74 Å². The van der Waals surface area contributed by atoms with Gasteiger partial charge < -0.3 is 14.5 Å². The first kappa shape index (κ1) is 20.4. The van der Waals surface area contributed by atoms with Crippen LogP contribution < -0.4 is 4.90 Å². The van der Waals surface area contributed by atoms with Crippen molar-refractivity contribution < 1.29 is 23.9 Å². The molecule has 1 aromatic carbocycles. The van der Waals surface area contributed by atoms with Gasteiger partial charge in [0.25, 0.3) is 5.91 Å². The molecule has 0 aromatic heterocycles. The van der Waals surface area contributed by atoms with E-state index in [9.17, 15) is 19.2 Å². The predicted molar refractivity (Wildman–Crippen MR) is 109 cm³/mol. The lowest BCUT2D eigenvalue weighted by Gasteiger charge is -2.34. The number of benzene rings is 1. The van der Waals surface area contributed by atoms with E-state index in [0.717, 1.165) is 25.7 Å². The Kier molecular flexibility index (Phi) is 5.74. The lowest BCUT2D eigenvalue weighted by Crippen LogP contribution is -2.50. The third kappa shape index (κ3) is 3.66. The van der Waals surface area contributed by atoms with Crippen molar-refractivity contribution in [2.75, 3.05) is 37.7 Å². The summed E-state index contributed by atoms with van der Waals surface area (Å²) in [5.41, 5.74) is 1.03. The minimum atomic E-state index is -0.352. The summed E-state index contributed by atoms with van der Waals surface area (Å²) in [6, 6.07) is 6.68. The van der Waals surface area contributed by atoms with E-state index in [-0.39, 0.29) is 35.7 Å². The molecule has 30 heavy (non-hydrogen) atoms. The molecule has 1 aliphatic carbocycles. The Labute approximate surface area is 175 Å². The molecule has 2 saturated heterocycles. The van der Waals surface area contributed by atoms with Gasteiger partial charge in [-0.05, 0) is 44.0 Å². The van der Waals surface area contributed by atoms with Gasteiger partial charge in [0.05, 0.1) is 24.1 Å². The van der Waals surface area contributed by atoms with Gasteiger partial charge in [0, 0.05) is 31.7 Å². The van der Waals surface area contributed by atoms with Crippen LogP contribution in [0, 0.1) is 11.8 Å². The van der Waals surface area contributed by atoms with Crippen LogP contribution in [0.15, 0.2) is 24.3 Å². The highest BCUT2D eigenvalue weighted by molar-refractivity contribution is 6.22. The van der Waals surface area contributed by atoms with E-state index in [1.54, 1.807) is 41.0 Å². The average molecular weight is 413 g/mol. The SMILES string of the molecule is CCOC(=O)N1CCN(C(=O)c2ccc(N3C(=O)[C@H]4CCCC[C@H]4C3=O)cc2)CC1. The number of fused-ring (bicyclic) bond motifs is 1. The zero-order chi connectivity index (χ0) is 21.3. The van der Waals surface area contributed by atoms with Crippen molar-refractivity contribution in [1.29, 1.82) is 0 Å². The minimum absolute atomic E-state index is 0.112. The molecule has 0 unspecified atom stereocenters. The summed E-state index contributed by atoms with van der Waals surface area (Å²) in [5, 5.41) is 0. The Hall–Kier alpha value is -2.90. The van der Waals surface area contributed by atoms with Crippen LogP contribution in [0.25, 0.3) is 0 Å². The Balaban J connectivity index is 1.40. The molecule has 1 aromatic rings. The molecular formula is C22H27N3O5. The molecule has 0 bridgehead atoms. The van der Waals surface area contributed by atoms with Crippen molar-refractivity contribution in [3.63, 3.8) is 0 Å². The van der Waals surface area contributed by atoms with Crippen LogP contribution in [0.1, 0.15) is 43.0 Å². The minimum Gasteiger partial charge on any atom is -0.450 e. The Morgan fingerprint density at radius 1 is 0.900 bits per heavy atom. The van der Waals surface area contributed by atoms with Gasteiger partial charge in [0.15, 0.2) is 0 Å². The summed E-state index contributed by atoms with van der Waals surface area (Å²) >= 11 is 0. The number of carbonyl (C=O) groups excluding carboxylic acids is 4. The van der Waals surface area contributed by atoms with Crippen LogP contribution in [0.4, 0.5) is 10.5 Å². The molecule has 0 N–H and O–H groups in total. The maximum absolute atomic E-state index is 12.8. The van der Waals surface area contributed by atoms with Crippen LogP contribution in [-0.2, 0) is 14.3 Å². The van der Waals surface area contributed by atoms with Crippen molar-refractivity contribution in [2.24, 2.45) is 11.8 Å². The van der Waals surface area contributed by atoms with Crippen molar-refractivity contribution in [3.05, 3.63) is 29.8 Å². The van der Waals surface area contributed by atoms with Gasteiger partial charge in [-0.2, -0.15) is 0 Å². The third-order valence-electron chi connectivity index (χ3n) is 6.31. The smallest absolute Gasteiger partial charge is 0.409 e. The summed E-state index contributed by atoms with van der Waals surface area (Å²) < 4.78 is 5.00. The number of anilines is 1. The lowest BCUT2D eigenvalue weighted by molar-refractivity contribution is -0.122. The molecular weight excluding hydrogens is 386 g/mol. The second kappa shape index (κ2) is 8.45. The maximum Gasteiger partial charge on any atom is 0.409 e. The second-order valence-electron chi connectivity index (χ2n) is 8.03. The number of nitrogens with zero attached hydrogens (tertiary/aromatic N) is 3. The van der Waals surface area contributed by atoms with Crippen molar-refractivity contribution >= 4 is 29.5 Å². The number of hydrogen-bond acceptors (Lipinski definition) is 5. The number of amides is 4.